The molecule has 16 heavy (non-hydrogen) atoms. The third kappa shape index (κ3) is 2.66. The molecule has 1 aromatic carbocycles. The number of aromatic nitrogens is 2. The molecule has 2 N–H and O–H groups in total. The molecule has 6 heteroatoms. The molecule has 0 aliphatic carbocycles. The van der Waals surface area contributed by atoms with E-state index in [9.17, 15) is 9.50 Å². The van der Waals surface area contributed by atoms with Crippen molar-refractivity contribution in [2.45, 2.75) is 13.5 Å². The van der Waals surface area contributed by atoms with E-state index < -0.39 is 5.82 Å². The molecule has 0 aliphatic rings. The molecule has 0 saturated heterocycles. The van der Waals surface area contributed by atoms with Crippen molar-refractivity contribution in [1.82, 2.24) is 10.2 Å². The van der Waals surface area contributed by atoms with Gasteiger partial charge in [-0.25, -0.2) is 4.39 Å². The number of hydrogen-bond acceptors (Lipinski definition) is 5. The Hall–Kier alpha value is -1.69. The van der Waals surface area contributed by atoms with Crippen LogP contribution in [0, 0.1) is 12.7 Å². The third-order valence-electron chi connectivity index (χ3n) is 1.91. The minimum atomic E-state index is -0.453. The van der Waals surface area contributed by atoms with Crippen LogP contribution in [0.4, 0.5) is 9.52 Å². The summed E-state index contributed by atoms with van der Waals surface area (Å²) >= 11 is 1.43. The lowest BCUT2D eigenvalue weighted by molar-refractivity contribution is 0.468. The molecule has 0 fully saturated rings. The fraction of sp³-hybridized carbons (Fsp3) is 0.200. The fourth-order valence-corrected chi connectivity index (χ4v) is 1.87. The first kappa shape index (κ1) is 10.8. The van der Waals surface area contributed by atoms with E-state index in [1.54, 1.807) is 0 Å². The van der Waals surface area contributed by atoms with E-state index in [4.69, 9.17) is 0 Å². The Morgan fingerprint density at radius 3 is 2.81 bits per heavy atom. The van der Waals surface area contributed by atoms with Crippen LogP contribution in [0.1, 0.15) is 10.6 Å². The second kappa shape index (κ2) is 4.44. The van der Waals surface area contributed by atoms with E-state index in [2.05, 4.69) is 15.5 Å². The predicted octanol–water partition coefficient (Wildman–Crippen LogP) is 2.30. The van der Waals surface area contributed by atoms with E-state index in [1.165, 1.54) is 23.5 Å². The van der Waals surface area contributed by atoms with Gasteiger partial charge in [0.2, 0.25) is 5.13 Å². The van der Waals surface area contributed by atoms with E-state index in [-0.39, 0.29) is 5.75 Å². The Morgan fingerprint density at radius 2 is 2.19 bits per heavy atom. The van der Waals surface area contributed by atoms with Crippen LogP contribution in [0.2, 0.25) is 0 Å². The average Bonchev–Trinajstić information content (AvgIpc) is 2.60. The van der Waals surface area contributed by atoms with Gasteiger partial charge in [0, 0.05) is 12.6 Å². The largest absolute Gasteiger partial charge is 0.508 e. The van der Waals surface area contributed by atoms with Gasteiger partial charge in [-0.05, 0) is 24.6 Å². The van der Waals surface area contributed by atoms with Crippen LogP contribution in [0.25, 0.3) is 0 Å². The zero-order chi connectivity index (χ0) is 11.5. The number of benzene rings is 1. The smallest absolute Gasteiger partial charge is 0.205 e. The lowest BCUT2D eigenvalue weighted by Gasteiger charge is -2.03. The molecule has 84 valence electrons. The van der Waals surface area contributed by atoms with Gasteiger partial charge in [0.25, 0.3) is 0 Å². The molecular weight excluding hydrogens is 229 g/mol. The number of hydrogen-bond donors (Lipinski definition) is 2. The minimum Gasteiger partial charge on any atom is -0.508 e. The maximum atomic E-state index is 12.9. The molecule has 0 aliphatic heterocycles. The second-order valence-corrected chi connectivity index (χ2v) is 4.48. The van der Waals surface area contributed by atoms with Crippen molar-refractivity contribution in [1.29, 1.82) is 0 Å². The SMILES string of the molecule is Cc1nnc(NCc2cc(O)cc(F)c2)s1. The number of halogens is 1. The second-order valence-electron chi connectivity index (χ2n) is 3.30. The number of anilines is 1. The summed E-state index contributed by atoms with van der Waals surface area (Å²) < 4.78 is 12.9. The maximum Gasteiger partial charge on any atom is 0.205 e. The summed E-state index contributed by atoms with van der Waals surface area (Å²) in [5, 5.41) is 21.5. The average molecular weight is 239 g/mol. The number of nitrogens with zero attached hydrogens (tertiary/aromatic N) is 2. The Kier molecular flexibility index (Phi) is 3.00. The summed E-state index contributed by atoms with van der Waals surface area (Å²) in [6.45, 7) is 2.26. The molecule has 0 unspecified atom stereocenters. The first-order chi connectivity index (χ1) is 7.63. The zero-order valence-electron chi connectivity index (χ0n) is 8.57. The van der Waals surface area contributed by atoms with Crippen molar-refractivity contribution >= 4 is 16.5 Å². The van der Waals surface area contributed by atoms with Gasteiger partial charge in [-0.15, -0.1) is 10.2 Å². The van der Waals surface area contributed by atoms with Gasteiger partial charge in [-0.3, -0.25) is 0 Å². The molecule has 2 aromatic rings. The molecule has 0 bridgehead atoms. The van der Waals surface area contributed by atoms with Crippen LogP contribution >= 0.6 is 11.3 Å². The summed E-state index contributed by atoms with van der Waals surface area (Å²) in [6, 6.07) is 3.93. The summed E-state index contributed by atoms with van der Waals surface area (Å²) in [4.78, 5) is 0. The van der Waals surface area contributed by atoms with Crippen molar-refractivity contribution in [3.05, 3.63) is 34.6 Å². The van der Waals surface area contributed by atoms with Gasteiger partial charge in [0.1, 0.15) is 16.6 Å². The molecule has 0 spiro atoms. The monoisotopic (exact) mass is 239 g/mol. The third-order valence-corrected chi connectivity index (χ3v) is 2.71. The van der Waals surface area contributed by atoms with Gasteiger partial charge < -0.3 is 10.4 Å². The summed E-state index contributed by atoms with van der Waals surface area (Å²) in [5.74, 6) is -0.532. The van der Waals surface area contributed by atoms with Gasteiger partial charge in [-0.2, -0.15) is 0 Å². The number of aryl methyl sites for hydroxylation is 1. The molecule has 4 nitrogen and oxygen atoms in total. The molecule has 2 rings (SSSR count). The molecule has 0 amide bonds. The van der Waals surface area contributed by atoms with Crippen LogP contribution in [-0.2, 0) is 6.54 Å². The first-order valence-electron chi connectivity index (χ1n) is 4.66. The van der Waals surface area contributed by atoms with Crippen molar-refractivity contribution in [2.24, 2.45) is 0 Å². The summed E-state index contributed by atoms with van der Waals surface area (Å²) in [5.41, 5.74) is 0.658. The Bertz CT molecular complexity index is 480. The summed E-state index contributed by atoms with van der Waals surface area (Å²) in [7, 11) is 0. The molecule has 1 aromatic heterocycles. The van der Waals surface area contributed by atoms with Gasteiger partial charge in [-0.1, -0.05) is 11.3 Å². The Balaban J connectivity index is 2.04. The van der Waals surface area contributed by atoms with Crippen LogP contribution in [0.3, 0.4) is 0 Å². The molecule has 1 heterocycles. The number of phenols is 1. The van der Waals surface area contributed by atoms with Crippen LogP contribution in [-0.4, -0.2) is 15.3 Å². The maximum absolute atomic E-state index is 12.9. The lowest BCUT2D eigenvalue weighted by Crippen LogP contribution is -1.99. The number of aromatic hydroxyl groups is 1. The van der Waals surface area contributed by atoms with Gasteiger partial charge in [0.15, 0.2) is 0 Å². The topological polar surface area (TPSA) is 58.0 Å². The van der Waals surface area contributed by atoms with Crippen LogP contribution in [0.5, 0.6) is 5.75 Å². The predicted molar refractivity (Wildman–Crippen MR) is 60.0 cm³/mol. The Labute approximate surface area is 95.8 Å². The van der Waals surface area contributed by atoms with E-state index >= 15 is 0 Å². The minimum absolute atomic E-state index is 0.0785. The van der Waals surface area contributed by atoms with Gasteiger partial charge in [0.05, 0.1) is 0 Å². The first-order valence-corrected chi connectivity index (χ1v) is 5.47. The van der Waals surface area contributed by atoms with Crippen molar-refractivity contribution in [3.8, 4) is 5.75 Å². The normalized spacial score (nSPS) is 10.4. The van der Waals surface area contributed by atoms with Crippen LogP contribution in [0.15, 0.2) is 18.2 Å². The highest BCUT2D eigenvalue weighted by Crippen LogP contribution is 2.18. The highest BCUT2D eigenvalue weighted by molar-refractivity contribution is 7.15. The highest BCUT2D eigenvalue weighted by atomic mass is 32.1. The number of nitrogens with one attached hydrogen (secondary N) is 1. The fourth-order valence-electron chi connectivity index (χ4n) is 1.28. The van der Waals surface area contributed by atoms with Gasteiger partial charge >= 0.3 is 0 Å². The Morgan fingerprint density at radius 1 is 1.38 bits per heavy atom. The highest BCUT2D eigenvalue weighted by Gasteiger charge is 2.02. The van der Waals surface area contributed by atoms with E-state index in [0.29, 0.717) is 17.2 Å². The van der Waals surface area contributed by atoms with E-state index in [0.717, 1.165) is 11.1 Å². The van der Waals surface area contributed by atoms with Crippen molar-refractivity contribution < 1.29 is 9.50 Å². The lowest BCUT2D eigenvalue weighted by atomic mass is 10.2. The van der Waals surface area contributed by atoms with E-state index in [1.807, 2.05) is 6.92 Å². The molecule has 0 atom stereocenters. The molecule has 0 radical (unpaired) electrons. The van der Waals surface area contributed by atoms with Crippen LogP contribution < -0.4 is 5.32 Å². The summed E-state index contributed by atoms with van der Waals surface area (Å²) in [6.07, 6.45) is 0. The molecular formula is C10H10FN3OS. The quantitative estimate of drug-likeness (QED) is 0.863. The number of rotatable bonds is 3. The number of phenolic OH excluding ortho intramolecular Hbond substituents is 1. The van der Waals surface area contributed by atoms with Crippen molar-refractivity contribution in [2.75, 3.05) is 5.32 Å². The standard InChI is InChI=1S/C10H10FN3OS/c1-6-13-14-10(16-6)12-5-7-2-8(11)4-9(15)3-7/h2-4,15H,5H2,1H3,(H,12,14). The zero-order valence-corrected chi connectivity index (χ0v) is 9.38. The molecule has 0 saturated carbocycles. The van der Waals surface area contributed by atoms with Crippen molar-refractivity contribution in [3.63, 3.8) is 0 Å².